The number of pyridine rings is 1. The van der Waals surface area contributed by atoms with Gasteiger partial charge in [-0.1, -0.05) is 72.8 Å². The van der Waals surface area contributed by atoms with Crippen molar-refractivity contribution >= 4 is 35.3 Å². The zero-order valence-electron chi connectivity index (χ0n) is 25.5. The second-order valence-electron chi connectivity index (χ2n) is 11.4. The molecule has 7 rings (SSSR count). The monoisotopic (exact) mass is 658 g/mol. The molecule has 10 heteroatoms. The highest BCUT2D eigenvalue weighted by atomic mass is 32.2. The predicted octanol–water partition coefficient (Wildman–Crippen LogP) is 6.87. The van der Waals surface area contributed by atoms with Gasteiger partial charge in [-0.2, -0.15) is 0 Å². The summed E-state index contributed by atoms with van der Waals surface area (Å²) in [7, 11) is 0. The number of cyclic esters (lactones) is 2. The summed E-state index contributed by atoms with van der Waals surface area (Å²) in [6.07, 6.45) is 0.289. The number of carbonyl (C=O) groups excluding carboxylic acids is 3. The Morgan fingerprint density at radius 3 is 2.31 bits per heavy atom. The second-order valence-corrected chi connectivity index (χ2v) is 12.4. The number of ether oxygens (including phenoxy) is 3. The van der Waals surface area contributed by atoms with Crippen molar-refractivity contribution in [2.75, 3.05) is 11.1 Å². The number of aliphatic hydroxyl groups is 1. The quantitative estimate of drug-likeness (QED) is 0.0992. The van der Waals surface area contributed by atoms with E-state index < -0.39 is 30.2 Å². The number of nitrogens with zero attached hydrogens (tertiary/aromatic N) is 1. The van der Waals surface area contributed by atoms with Crippen LogP contribution in [0.1, 0.15) is 71.6 Å². The molecule has 0 bridgehead atoms. The number of rotatable bonds is 9. The van der Waals surface area contributed by atoms with Crippen LogP contribution in [0.3, 0.4) is 0 Å². The van der Waals surface area contributed by atoms with Gasteiger partial charge in [0.15, 0.2) is 6.29 Å². The van der Waals surface area contributed by atoms with E-state index in [1.807, 2.05) is 72.8 Å². The van der Waals surface area contributed by atoms with E-state index in [1.54, 1.807) is 30.1 Å². The molecular weight excluding hydrogens is 628 g/mol. The van der Waals surface area contributed by atoms with E-state index in [2.05, 4.69) is 27.2 Å². The molecule has 4 atom stereocenters. The minimum absolute atomic E-state index is 0.0603. The first-order valence-corrected chi connectivity index (χ1v) is 16.4. The lowest BCUT2D eigenvalue weighted by Gasteiger charge is -2.43. The molecule has 2 N–H and O–H groups in total. The van der Waals surface area contributed by atoms with Crippen LogP contribution in [0.2, 0.25) is 0 Å². The molecular formula is C38H30N2O7S. The fourth-order valence-corrected chi connectivity index (χ4v) is 6.88. The van der Waals surface area contributed by atoms with Crippen molar-refractivity contribution < 1.29 is 33.7 Å². The molecule has 9 nitrogen and oxygen atoms in total. The first-order valence-electron chi connectivity index (χ1n) is 15.4. The van der Waals surface area contributed by atoms with Crippen molar-refractivity contribution in [1.82, 2.24) is 4.98 Å². The first-order chi connectivity index (χ1) is 23.5. The number of fused-ring (bicyclic) bond motifs is 1. The fraction of sp³-hybridized carbons (Fsp3) is 0.158. The van der Waals surface area contributed by atoms with E-state index >= 15 is 0 Å². The van der Waals surface area contributed by atoms with Crippen LogP contribution in [0.25, 0.3) is 0 Å². The van der Waals surface area contributed by atoms with Crippen LogP contribution in [0.4, 0.5) is 5.69 Å². The number of thioether (sulfide) groups is 1. The third-order valence-electron chi connectivity index (χ3n) is 8.33. The molecule has 1 fully saturated rings. The van der Waals surface area contributed by atoms with E-state index in [0.717, 1.165) is 21.7 Å². The number of carbonyl (C=O) groups is 3. The molecule has 1 unspecified atom stereocenters. The Morgan fingerprint density at radius 2 is 1.54 bits per heavy atom. The van der Waals surface area contributed by atoms with E-state index in [0.29, 0.717) is 17.0 Å². The van der Waals surface area contributed by atoms with Gasteiger partial charge >= 0.3 is 11.9 Å². The van der Waals surface area contributed by atoms with E-state index in [4.69, 9.17) is 9.47 Å². The first kappa shape index (κ1) is 31.5. The minimum atomic E-state index is -0.778. The van der Waals surface area contributed by atoms with E-state index in [9.17, 15) is 19.5 Å². The highest BCUT2D eigenvalue weighted by Gasteiger charge is 2.42. The van der Waals surface area contributed by atoms with Crippen molar-refractivity contribution in [2.24, 2.45) is 0 Å². The van der Waals surface area contributed by atoms with Gasteiger partial charge in [0.2, 0.25) is 0 Å². The highest BCUT2D eigenvalue weighted by molar-refractivity contribution is 7.99. The lowest BCUT2D eigenvalue weighted by molar-refractivity contribution is -0.255. The van der Waals surface area contributed by atoms with Gasteiger partial charge in [0, 0.05) is 34.7 Å². The third-order valence-corrected chi connectivity index (χ3v) is 9.36. The molecule has 0 spiro atoms. The predicted molar refractivity (Wildman–Crippen MR) is 179 cm³/mol. The van der Waals surface area contributed by atoms with Crippen molar-refractivity contribution in [3.63, 3.8) is 0 Å². The van der Waals surface area contributed by atoms with Crippen LogP contribution < -0.4 is 5.32 Å². The normalized spacial score (nSPS) is 20.2. The molecule has 3 heterocycles. The van der Waals surface area contributed by atoms with Crippen LogP contribution in [0.5, 0.6) is 0 Å². The van der Waals surface area contributed by atoms with Crippen LogP contribution in [0.15, 0.2) is 126 Å². The number of esters is 2. The summed E-state index contributed by atoms with van der Waals surface area (Å²) in [4.78, 5) is 41.6. The van der Waals surface area contributed by atoms with Gasteiger partial charge in [0.25, 0.3) is 5.91 Å². The standard InChI is InChI=1S/C38H30N2O7S/c41-21-23-12-14-25(15-13-23)34-33(24-7-2-1-3-8-24)31(22-48-32-11-4-5-18-39-32)45-38(46-34)27-9-6-10-28(19-27)40-35(42)26-16-17-29-30(20-26)37(44)47-36(29)43/h1-20,31,33-34,38,41H,21-22H2,(H,40,42)/t31-,33-,34+,38?/m1/s1. The molecule has 0 aliphatic carbocycles. The zero-order valence-corrected chi connectivity index (χ0v) is 26.3. The molecule has 1 saturated heterocycles. The Hall–Kier alpha value is -5.13. The number of amides is 1. The molecule has 4 aromatic carbocycles. The summed E-state index contributed by atoms with van der Waals surface area (Å²) in [5, 5.41) is 13.4. The summed E-state index contributed by atoms with van der Waals surface area (Å²) in [6, 6.07) is 35.2. The summed E-state index contributed by atoms with van der Waals surface area (Å²) < 4.78 is 18.2. The van der Waals surface area contributed by atoms with E-state index in [-0.39, 0.29) is 35.3 Å². The molecule has 0 radical (unpaired) electrons. The van der Waals surface area contributed by atoms with Crippen LogP contribution in [-0.4, -0.2) is 39.8 Å². The lowest BCUT2D eigenvalue weighted by atomic mass is 9.84. The van der Waals surface area contributed by atoms with Gasteiger partial charge in [0.1, 0.15) is 0 Å². The van der Waals surface area contributed by atoms with Gasteiger partial charge in [0.05, 0.1) is 35.0 Å². The summed E-state index contributed by atoms with van der Waals surface area (Å²) in [5.74, 6) is -1.52. The maximum atomic E-state index is 13.2. The third kappa shape index (κ3) is 6.65. The van der Waals surface area contributed by atoms with Gasteiger partial charge in [-0.25, -0.2) is 14.6 Å². The maximum Gasteiger partial charge on any atom is 0.346 e. The lowest BCUT2D eigenvalue weighted by Crippen LogP contribution is -2.38. The molecule has 5 aromatic rings. The number of hydrogen-bond acceptors (Lipinski definition) is 9. The van der Waals surface area contributed by atoms with Crippen LogP contribution >= 0.6 is 11.8 Å². The van der Waals surface area contributed by atoms with Crippen LogP contribution in [0, 0.1) is 0 Å². The molecule has 48 heavy (non-hydrogen) atoms. The van der Waals surface area contributed by atoms with Crippen molar-refractivity contribution in [3.8, 4) is 0 Å². The van der Waals surface area contributed by atoms with Crippen molar-refractivity contribution in [3.05, 3.63) is 160 Å². The molecule has 2 aliphatic heterocycles. The Labute approximate surface area is 280 Å². The fourth-order valence-electron chi connectivity index (χ4n) is 5.94. The minimum Gasteiger partial charge on any atom is -0.392 e. The zero-order chi connectivity index (χ0) is 33.0. The topological polar surface area (TPSA) is 124 Å². The number of benzene rings is 4. The average Bonchev–Trinajstić information content (AvgIpc) is 3.43. The highest BCUT2D eigenvalue weighted by Crippen LogP contribution is 2.48. The molecule has 2 aliphatic rings. The van der Waals surface area contributed by atoms with Gasteiger partial charge < -0.3 is 24.6 Å². The number of anilines is 1. The van der Waals surface area contributed by atoms with Crippen molar-refractivity contribution in [2.45, 2.75) is 36.0 Å². The van der Waals surface area contributed by atoms with Gasteiger partial charge in [-0.15, -0.1) is 11.8 Å². The number of nitrogens with one attached hydrogen (secondary N) is 1. The van der Waals surface area contributed by atoms with Crippen molar-refractivity contribution in [1.29, 1.82) is 0 Å². The Balaban J connectivity index is 1.19. The smallest absolute Gasteiger partial charge is 0.346 e. The number of hydrogen-bond donors (Lipinski definition) is 2. The molecule has 1 aromatic heterocycles. The van der Waals surface area contributed by atoms with Crippen LogP contribution in [-0.2, 0) is 20.8 Å². The summed E-state index contributed by atoms with van der Waals surface area (Å²) in [6.45, 7) is -0.0603. The number of aliphatic hydroxyl groups excluding tert-OH is 1. The summed E-state index contributed by atoms with van der Waals surface area (Å²) in [5.41, 5.74) is 4.42. The molecule has 0 saturated carbocycles. The number of aromatic nitrogens is 1. The Morgan fingerprint density at radius 1 is 0.771 bits per heavy atom. The Bertz CT molecular complexity index is 1950. The van der Waals surface area contributed by atoms with Gasteiger partial charge in [-0.05, 0) is 59.2 Å². The van der Waals surface area contributed by atoms with Gasteiger partial charge in [-0.3, -0.25) is 4.79 Å². The maximum absolute atomic E-state index is 13.2. The van der Waals surface area contributed by atoms with E-state index in [1.165, 1.54) is 18.2 Å². The largest absolute Gasteiger partial charge is 0.392 e. The SMILES string of the molecule is O=C(Nc1cccc(C2O[C@H](CSc3ccccn3)[C@@H](c3ccccc3)[C@H](c3ccc(CO)cc3)O2)c1)c1ccc2c(c1)C(=O)OC2=O. The summed E-state index contributed by atoms with van der Waals surface area (Å²) >= 11 is 1.61. The Kier molecular flexibility index (Phi) is 9.13. The molecule has 240 valence electrons. The molecule has 1 amide bonds. The average molecular weight is 659 g/mol. The second kappa shape index (κ2) is 13.9.